The third-order valence-electron chi connectivity index (χ3n) is 1.93. The minimum atomic E-state index is 0.0842. The van der Waals surface area contributed by atoms with Crippen LogP contribution in [0.4, 0.5) is 0 Å². The summed E-state index contributed by atoms with van der Waals surface area (Å²) < 4.78 is 0. The van der Waals surface area contributed by atoms with Gasteiger partial charge in [-0.05, 0) is 11.6 Å². The van der Waals surface area contributed by atoms with Gasteiger partial charge in [-0.15, -0.1) is 0 Å². The molecule has 0 radical (unpaired) electrons. The third kappa shape index (κ3) is 1.60. The molecule has 0 atom stereocenters. The number of aromatic nitrogens is 2. The molecule has 66 valence electrons. The number of hydrogen-bond acceptors (Lipinski definition) is 2. The SMILES string of the molecule is OCc1ccc(-c2cc[nH]n2)cc1. The maximum absolute atomic E-state index is 8.84. The van der Waals surface area contributed by atoms with Crippen molar-refractivity contribution in [3.05, 3.63) is 42.1 Å². The molecule has 0 aliphatic carbocycles. The van der Waals surface area contributed by atoms with Crippen molar-refractivity contribution >= 4 is 0 Å². The number of rotatable bonds is 2. The molecule has 0 unspecified atom stereocenters. The summed E-state index contributed by atoms with van der Waals surface area (Å²) in [6, 6.07) is 9.59. The average molecular weight is 174 g/mol. The van der Waals surface area contributed by atoms with Crippen molar-refractivity contribution in [2.75, 3.05) is 0 Å². The molecule has 0 aliphatic rings. The van der Waals surface area contributed by atoms with Gasteiger partial charge in [0, 0.05) is 11.8 Å². The number of aromatic amines is 1. The van der Waals surface area contributed by atoms with Gasteiger partial charge in [0.15, 0.2) is 0 Å². The van der Waals surface area contributed by atoms with Gasteiger partial charge in [0.2, 0.25) is 0 Å². The summed E-state index contributed by atoms with van der Waals surface area (Å²) in [4.78, 5) is 0. The lowest BCUT2D eigenvalue weighted by Crippen LogP contribution is -1.83. The molecule has 0 saturated heterocycles. The number of H-pyrrole nitrogens is 1. The van der Waals surface area contributed by atoms with Crippen LogP contribution in [0.25, 0.3) is 11.3 Å². The Kier molecular flexibility index (Phi) is 2.10. The van der Waals surface area contributed by atoms with E-state index in [0.29, 0.717) is 0 Å². The van der Waals surface area contributed by atoms with Gasteiger partial charge in [-0.3, -0.25) is 5.10 Å². The van der Waals surface area contributed by atoms with Crippen LogP contribution in [0, 0.1) is 0 Å². The molecule has 0 amide bonds. The highest BCUT2D eigenvalue weighted by molar-refractivity contribution is 5.58. The predicted molar refractivity (Wildman–Crippen MR) is 49.9 cm³/mol. The highest BCUT2D eigenvalue weighted by Gasteiger charge is 1.98. The molecule has 0 spiro atoms. The molecular weight excluding hydrogens is 164 g/mol. The summed E-state index contributed by atoms with van der Waals surface area (Å²) in [5, 5.41) is 15.6. The van der Waals surface area contributed by atoms with Crippen LogP contribution in [0.2, 0.25) is 0 Å². The van der Waals surface area contributed by atoms with Crippen molar-refractivity contribution in [3.8, 4) is 11.3 Å². The van der Waals surface area contributed by atoms with Crippen molar-refractivity contribution in [3.63, 3.8) is 0 Å². The Morgan fingerprint density at radius 3 is 2.46 bits per heavy atom. The van der Waals surface area contributed by atoms with Crippen LogP contribution >= 0.6 is 0 Å². The minimum Gasteiger partial charge on any atom is -0.392 e. The Balaban J connectivity index is 2.33. The van der Waals surface area contributed by atoms with Gasteiger partial charge < -0.3 is 5.11 Å². The molecule has 0 bridgehead atoms. The second-order valence-electron chi connectivity index (χ2n) is 2.81. The Labute approximate surface area is 76.0 Å². The number of aliphatic hydroxyl groups is 1. The maximum atomic E-state index is 8.84. The van der Waals surface area contributed by atoms with Crippen LogP contribution in [-0.2, 0) is 6.61 Å². The smallest absolute Gasteiger partial charge is 0.0920 e. The number of nitrogens with zero attached hydrogens (tertiary/aromatic N) is 1. The van der Waals surface area contributed by atoms with Gasteiger partial charge in [-0.25, -0.2) is 0 Å². The molecule has 3 heteroatoms. The minimum absolute atomic E-state index is 0.0842. The van der Waals surface area contributed by atoms with Gasteiger partial charge in [-0.1, -0.05) is 24.3 Å². The first kappa shape index (κ1) is 8.01. The van der Waals surface area contributed by atoms with Crippen LogP contribution in [-0.4, -0.2) is 15.3 Å². The second-order valence-corrected chi connectivity index (χ2v) is 2.81. The number of aliphatic hydroxyl groups excluding tert-OH is 1. The summed E-state index contributed by atoms with van der Waals surface area (Å²) in [5.74, 6) is 0. The van der Waals surface area contributed by atoms with Crippen molar-refractivity contribution in [2.45, 2.75) is 6.61 Å². The fourth-order valence-corrected chi connectivity index (χ4v) is 1.20. The van der Waals surface area contributed by atoms with E-state index in [-0.39, 0.29) is 6.61 Å². The molecule has 1 heterocycles. The molecule has 3 nitrogen and oxygen atoms in total. The zero-order valence-corrected chi connectivity index (χ0v) is 7.07. The summed E-state index contributed by atoms with van der Waals surface area (Å²) >= 11 is 0. The highest BCUT2D eigenvalue weighted by atomic mass is 16.3. The van der Waals surface area contributed by atoms with Crippen molar-refractivity contribution < 1.29 is 5.11 Å². The van der Waals surface area contributed by atoms with Gasteiger partial charge >= 0.3 is 0 Å². The van der Waals surface area contributed by atoms with Gasteiger partial charge in [0.1, 0.15) is 0 Å². The summed E-state index contributed by atoms with van der Waals surface area (Å²) in [6.45, 7) is 0.0842. The average Bonchev–Trinajstić information content (AvgIpc) is 2.71. The largest absolute Gasteiger partial charge is 0.392 e. The molecule has 2 N–H and O–H groups in total. The lowest BCUT2D eigenvalue weighted by Gasteiger charge is -1.97. The van der Waals surface area contributed by atoms with E-state index in [0.717, 1.165) is 16.8 Å². The van der Waals surface area contributed by atoms with Gasteiger partial charge in [0.25, 0.3) is 0 Å². The lowest BCUT2D eigenvalue weighted by atomic mass is 10.1. The number of benzene rings is 1. The van der Waals surface area contributed by atoms with E-state index in [9.17, 15) is 0 Å². The fraction of sp³-hybridized carbons (Fsp3) is 0.100. The number of hydrogen-bond donors (Lipinski definition) is 2. The third-order valence-corrected chi connectivity index (χ3v) is 1.93. The standard InChI is InChI=1S/C10H10N2O/c13-7-8-1-3-9(4-2-8)10-5-6-11-12-10/h1-6,13H,7H2,(H,11,12). The Hall–Kier alpha value is -1.61. The number of nitrogens with one attached hydrogen (secondary N) is 1. The van der Waals surface area contributed by atoms with Crippen molar-refractivity contribution in [2.24, 2.45) is 0 Å². The second kappa shape index (κ2) is 3.41. The first-order valence-electron chi connectivity index (χ1n) is 4.10. The molecule has 1 aromatic carbocycles. The predicted octanol–water partition coefficient (Wildman–Crippen LogP) is 1.57. The molecule has 13 heavy (non-hydrogen) atoms. The molecule has 0 fully saturated rings. The first-order valence-corrected chi connectivity index (χ1v) is 4.10. The van der Waals surface area contributed by atoms with E-state index in [4.69, 9.17) is 5.11 Å². The van der Waals surface area contributed by atoms with E-state index >= 15 is 0 Å². The summed E-state index contributed by atoms with van der Waals surface area (Å²) in [7, 11) is 0. The van der Waals surface area contributed by atoms with E-state index in [1.807, 2.05) is 30.3 Å². The first-order chi connectivity index (χ1) is 6.40. The van der Waals surface area contributed by atoms with Crippen LogP contribution in [0.1, 0.15) is 5.56 Å². The van der Waals surface area contributed by atoms with Crippen LogP contribution in [0.3, 0.4) is 0 Å². The molecule has 0 aliphatic heterocycles. The zero-order valence-electron chi connectivity index (χ0n) is 7.07. The van der Waals surface area contributed by atoms with Crippen LogP contribution in [0.15, 0.2) is 36.5 Å². The summed E-state index contributed by atoms with van der Waals surface area (Å²) in [5.41, 5.74) is 2.89. The molecule has 1 aromatic heterocycles. The Morgan fingerprint density at radius 1 is 1.15 bits per heavy atom. The fourth-order valence-electron chi connectivity index (χ4n) is 1.20. The van der Waals surface area contributed by atoms with E-state index < -0.39 is 0 Å². The quantitative estimate of drug-likeness (QED) is 0.726. The lowest BCUT2D eigenvalue weighted by molar-refractivity contribution is 0.282. The van der Waals surface area contributed by atoms with Gasteiger partial charge in [0.05, 0.1) is 12.3 Å². The molecular formula is C10H10N2O. The molecule has 2 aromatic rings. The highest BCUT2D eigenvalue weighted by Crippen LogP contribution is 2.16. The van der Waals surface area contributed by atoms with E-state index in [1.165, 1.54) is 0 Å². The summed E-state index contributed by atoms with van der Waals surface area (Å²) in [6.07, 6.45) is 1.79. The maximum Gasteiger partial charge on any atom is 0.0920 e. The topological polar surface area (TPSA) is 48.9 Å². The zero-order chi connectivity index (χ0) is 9.10. The molecule has 0 saturated carbocycles. The van der Waals surface area contributed by atoms with Crippen molar-refractivity contribution in [1.82, 2.24) is 10.2 Å². The van der Waals surface area contributed by atoms with Crippen LogP contribution < -0.4 is 0 Å². The van der Waals surface area contributed by atoms with E-state index in [2.05, 4.69) is 10.2 Å². The Bertz CT molecular complexity index is 364. The van der Waals surface area contributed by atoms with Crippen LogP contribution in [0.5, 0.6) is 0 Å². The van der Waals surface area contributed by atoms with Gasteiger partial charge in [-0.2, -0.15) is 5.10 Å². The Morgan fingerprint density at radius 2 is 1.92 bits per heavy atom. The monoisotopic (exact) mass is 174 g/mol. The van der Waals surface area contributed by atoms with E-state index in [1.54, 1.807) is 6.20 Å². The van der Waals surface area contributed by atoms with Crippen molar-refractivity contribution in [1.29, 1.82) is 0 Å². The normalized spacial score (nSPS) is 10.2. The molecule has 2 rings (SSSR count).